The topological polar surface area (TPSA) is 49.8 Å². The highest BCUT2D eigenvalue weighted by Crippen LogP contribution is 2.50. The zero-order valence-corrected chi connectivity index (χ0v) is 21.0. The summed E-state index contributed by atoms with van der Waals surface area (Å²) in [6.45, 7) is 4.44. The number of hydrogen-bond acceptors (Lipinski definition) is 4. The number of aliphatic hydroxyl groups excluding tert-OH is 1. The summed E-state index contributed by atoms with van der Waals surface area (Å²) in [5, 5.41) is 11.8. The number of carbonyl (C=O) groups is 1. The number of benzene rings is 4. The molecule has 4 aromatic carbocycles. The lowest BCUT2D eigenvalue weighted by Gasteiger charge is -2.22. The first-order valence-electron chi connectivity index (χ1n) is 13.0. The predicted molar refractivity (Wildman–Crippen MR) is 151 cm³/mol. The van der Waals surface area contributed by atoms with Gasteiger partial charge in [0.15, 0.2) is 11.5 Å². The van der Waals surface area contributed by atoms with Crippen molar-refractivity contribution in [3.8, 4) is 5.75 Å². The molecular formula is C34H29NO3. The van der Waals surface area contributed by atoms with Gasteiger partial charge in [-0.15, -0.1) is 0 Å². The second kappa shape index (κ2) is 10.2. The Morgan fingerprint density at radius 2 is 1.45 bits per heavy atom. The van der Waals surface area contributed by atoms with Gasteiger partial charge in [0.1, 0.15) is 0 Å². The van der Waals surface area contributed by atoms with Crippen molar-refractivity contribution in [2.45, 2.75) is 24.4 Å². The second-order valence-corrected chi connectivity index (χ2v) is 9.77. The third-order valence-corrected chi connectivity index (χ3v) is 7.56. The van der Waals surface area contributed by atoms with E-state index in [1.54, 1.807) is 0 Å². The van der Waals surface area contributed by atoms with Gasteiger partial charge in [-0.05, 0) is 40.8 Å². The van der Waals surface area contributed by atoms with Gasteiger partial charge in [-0.25, -0.2) is 0 Å². The summed E-state index contributed by atoms with van der Waals surface area (Å²) in [6.07, 6.45) is 1.57. The maximum absolute atomic E-state index is 14.2. The first-order valence-corrected chi connectivity index (χ1v) is 13.0. The normalized spacial score (nSPS) is 22.3. The van der Waals surface area contributed by atoms with Crippen LogP contribution in [-0.2, 0) is 11.2 Å². The Morgan fingerprint density at radius 3 is 2.13 bits per heavy atom. The summed E-state index contributed by atoms with van der Waals surface area (Å²) >= 11 is 0. The predicted octanol–water partition coefficient (Wildman–Crippen LogP) is 6.49. The van der Waals surface area contributed by atoms with E-state index >= 15 is 0 Å². The highest BCUT2D eigenvalue weighted by Gasteiger charge is 2.50. The third kappa shape index (κ3) is 4.23. The molecule has 0 radical (unpaired) electrons. The maximum atomic E-state index is 14.2. The minimum absolute atomic E-state index is 0.0966. The number of rotatable bonds is 6. The molecule has 38 heavy (non-hydrogen) atoms. The number of ketones is 1. The van der Waals surface area contributed by atoms with Crippen LogP contribution in [0.5, 0.6) is 5.75 Å². The molecule has 1 saturated carbocycles. The zero-order chi connectivity index (χ0) is 26.1. The molecule has 6 rings (SSSR count). The molecule has 4 heteroatoms. The van der Waals surface area contributed by atoms with Crippen molar-refractivity contribution in [3.05, 3.63) is 149 Å². The van der Waals surface area contributed by atoms with Gasteiger partial charge >= 0.3 is 0 Å². The fraction of sp³-hybridized carbons (Fsp3) is 0.147. The van der Waals surface area contributed by atoms with E-state index < -0.39 is 17.9 Å². The molecule has 0 aromatic heterocycles. The number of hydrogen-bond donors (Lipinski definition) is 1. The number of anilines is 1. The SMILES string of the molecule is C=Cc1ccc(CCN2C(=C3C(=O)C(c4ccccc4)C(c4ccccc4)C3O)Oc3ccccc32)cc1. The molecule has 0 saturated heterocycles. The van der Waals surface area contributed by atoms with Crippen LogP contribution < -0.4 is 9.64 Å². The van der Waals surface area contributed by atoms with Gasteiger partial charge in [0, 0.05) is 12.5 Å². The van der Waals surface area contributed by atoms with Crippen LogP contribution >= 0.6 is 0 Å². The van der Waals surface area contributed by atoms with Crippen molar-refractivity contribution >= 4 is 17.5 Å². The molecule has 1 aliphatic carbocycles. The smallest absolute Gasteiger partial charge is 0.210 e. The standard InChI is InChI=1S/C34H29NO3/c1-2-23-17-19-24(20-18-23)21-22-35-27-15-9-10-16-28(27)38-34(35)31-32(36)29(25-11-5-3-6-12-25)30(33(31)37)26-13-7-4-8-14-26/h2-20,29-30,32,36H,1,21-22H2. The Morgan fingerprint density at radius 1 is 0.816 bits per heavy atom. The largest absolute Gasteiger partial charge is 0.438 e. The monoisotopic (exact) mass is 499 g/mol. The highest BCUT2D eigenvalue weighted by atomic mass is 16.5. The fourth-order valence-corrected chi connectivity index (χ4v) is 5.66. The van der Waals surface area contributed by atoms with Gasteiger partial charge < -0.3 is 14.7 Å². The number of Topliss-reactive ketones (excluding diaryl/α,β-unsaturated/α-hetero) is 1. The minimum Gasteiger partial charge on any atom is -0.438 e. The number of carbonyl (C=O) groups excluding carboxylic acids is 1. The average Bonchev–Trinajstić information content (AvgIpc) is 3.46. The first kappa shape index (κ1) is 24.0. The molecule has 3 unspecified atom stereocenters. The Kier molecular flexibility index (Phi) is 6.40. The van der Waals surface area contributed by atoms with Gasteiger partial charge in [-0.1, -0.05) is 110 Å². The Hall–Kier alpha value is -4.41. The molecule has 3 atom stereocenters. The lowest BCUT2D eigenvalue weighted by atomic mass is 9.83. The molecule has 1 fully saturated rings. The summed E-state index contributed by atoms with van der Waals surface area (Å²) in [5.74, 6) is 0.119. The van der Waals surface area contributed by atoms with Gasteiger partial charge in [0.25, 0.3) is 0 Å². The number of ether oxygens (including phenoxy) is 1. The van der Waals surface area contributed by atoms with E-state index in [0.717, 1.165) is 28.8 Å². The minimum atomic E-state index is -1.01. The zero-order valence-electron chi connectivity index (χ0n) is 21.0. The van der Waals surface area contributed by atoms with Crippen LogP contribution in [-0.4, -0.2) is 23.5 Å². The van der Waals surface area contributed by atoms with Crippen molar-refractivity contribution < 1.29 is 14.6 Å². The Labute approximate surface area is 223 Å². The molecule has 1 aliphatic heterocycles. The molecule has 1 N–H and O–H groups in total. The van der Waals surface area contributed by atoms with E-state index in [2.05, 4.69) is 30.8 Å². The summed E-state index contributed by atoms with van der Waals surface area (Å²) < 4.78 is 6.35. The van der Waals surface area contributed by atoms with Gasteiger partial charge in [-0.3, -0.25) is 4.79 Å². The molecule has 0 spiro atoms. The molecule has 2 aliphatic rings. The van der Waals surface area contributed by atoms with Crippen LogP contribution in [0.1, 0.15) is 34.1 Å². The molecular weight excluding hydrogens is 470 g/mol. The number of para-hydroxylation sites is 2. The van der Waals surface area contributed by atoms with Crippen LogP contribution in [0.25, 0.3) is 6.08 Å². The van der Waals surface area contributed by atoms with Crippen LogP contribution in [0.3, 0.4) is 0 Å². The van der Waals surface area contributed by atoms with E-state index in [0.29, 0.717) is 23.8 Å². The molecule has 4 nitrogen and oxygen atoms in total. The molecule has 4 aromatic rings. The number of nitrogens with zero attached hydrogens (tertiary/aromatic N) is 1. The number of aliphatic hydroxyl groups is 1. The quantitative estimate of drug-likeness (QED) is 0.308. The maximum Gasteiger partial charge on any atom is 0.210 e. The van der Waals surface area contributed by atoms with E-state index in [1.807, 2.05) is 95.9 Å². The fourth-order valence-electron chi connectivity index (χ4n) is 5.66. The van der Waals surface area contributed by atoms with Gasteiger partial charge in [0.2, 0.25) is 5.88 Å². The van der Waals surface area contributed by atoms with Crippen molar-refractivity contribution in [2.24, 2.45) is 0 Å². The molecule has 188 valence electrons. The van der Waals surface area contributed by atoms with Gasteiger partial charge in [0.05, 0.1) is 23.3 Å². The van der Waals surface area contributed by atoms with Gasteiger partial charge in [-0.2, -0.15) is 0 Å². The summed E-state index contributed by atoms with van der Waals surface area (Å²) in [4.78, 5) is 16.2. The van der Waals surface area contributed by atoms with Crippen LogP contribution in [0.4, 0.5) is 5.69 Å². The Balaban J connectivity index is 1.43. The van der Waals surface area contributed by atoms with Crippen molar-refractivity contribution in [2.75, 3.05) is 11.4 Å². The van der Waals surface area contributed by atoms with Crippen molar-refractivity contribution in [1.82, 2.24) is 0 Å². The average molecular weight is 500 g/mol. The molecule has 1 heterocycles. The second-order valence-electron chi connectivity index (χ2n) is 9.77. The molecule has 0 amide bonds. The van der Waals surface area contributed by atoms with Crippen molar-refractivity contribution in [1.29, 1.82) is 0 Å². The lowest BCUT2D eigenvalue weighted by molar-refractivity contribution is -0.116. The van der Waals surface area contributed by atoms with Crippen LogP contribution in [0, 0.1) is 0 Å². The van der Waals surface area contributed by atoms with Crippen LogP contribution in [0.2, 0.25) is 0 Å². The third-order valence-electron chi connectivity index (χ3n) is 7.56. The lowest BCUT2D eigenvalue weighted by Crippen LogP contribution is -2.28. The summed E-state index contributed by atoms with van der Waals surface area (Å²) in [7, 11) is 0. The van der Waals surface area contributed by atoms with E-state index in [-0.39, 0.29) is 5.78 Å². The summed E-state index contributed by atoms with van der Waals surface area (Å²) in [6, 6.07) is 35.7. The van der Waals surface area contributed by atoms with Crippen molar-refractivity contribution in [3.63, 3.8) is 0 Å². The van der Waals surface area contributed by atoms with E-state index in [1.165, 1.54) is 5.56 Å². The summed E-state index contributed by atoms with van der Waals surface area (Å²) in [5.41, 5.74) is 5.31. The molecule has 0 bridgehead atoms. The number of fused-ring (bicyclic) bond motifs is 1. The van der Waals surface area contributed by atoms with E-state index in [4.69, 9.17) is 4.74 Å². The Bertz CT molecular complexity index is 1490. The first-order chi connectivity index (χ1) is 18.7. The van der Waals surface area contributed by atoms with E-state index in [9.17, 15) is 9.90 Å². The highest BCUT2D eigenvalue weighted by molar-refractivity contribution is 6.06. The van der Waals surface area contributed by atoms with Crippen LogP contribution in [0.15, 0.2) is 127 Å².